The number of nitrogens with zero attached hydrogens (tertiary/aromatic N) is 1. The van der Waals surface area contributed by atoms with Crippen LogP contribution in [-0.2, 0) is 0 Å². The Kier molecular flexibility index (Phi) is 1.48. The molecule has 2 heteroatoms. The number of phenols is 1. The molecular formula is C13H9NO. The van der Waals surface area contributed by atoms with Crippen LogP contribution in [0.25, 0.3) is 17.7 Å². The zero-order valence-electron chi connectivity index (χ0n) is 8.07. The minimum atomic E-state index is 0.270. The third-order valence-corrected chi connectivity index (χ3v) is 2.65. The SMILES string of the molecule is C=c1ccc(O)c2c1=Nc1ccccc1-2. The van der Waals surface area contributed by atoms with Gasteiger partial charge in [0.05, 0.1) is 16.6 Å². The van der Waals surface area contributed by atoms with E-state index in [9.17, 15) is 5.11 Å². The lowest BCUT2D eigenvalue weighted by Gasteiger charge is -2.00. The molecule has 0 saturated heterocycles. The van der Waals surface area contributed by atoms with Gasteiger partial charge in [-0.3, -0.25) is 0 Å². The molecule has 0 saturated carbocycles. The van der Waals surface area contributed by atoms with Gasteiger partial charge in [-0.25, -0.2) is 4.99 Å². The summed E-state index contributed by atoms with van der Waals surface area (Å²) in [5.74, 6) is 0.270. The number of hydrogen-bond donors (Lipinski definition) is 1. The lowest BCUT2D eigenvalue weighted by atomic mass is 10.0. The highest BCUT2D eigenvalue weighted by atomic mass is 16.3. The number of hydrogen-bond acceptors (Lipinski definition) is 2. The van der Waals surface area contributed by atoms with Crippen molar-refractivity contribution in [2.45, 2.75) is 0 Å². The Labute approximate surface area is 86.8 Å². The molecule has 72 valence electrons. The molecule has 1 aliphatic rings. The maximum atomic E-state index is 9.81. The highest BCUT2D eigenvalue weighted by Crippen LogP contribution is 2.35. The Bertz CT molecular complexity index is 659. The van der Waals surface area contributed by atoms with Crippen molar-refractivity contribution >= 4 is 12.3 Å². The van der Waals surface area contributed by atoms with Crippen LogP contribution in [0.5, 0.6) is 5.75 Å². The van der Waals surface area contributed by atoms with Crippen molar-refractivity contribution in [2.75, 3.05) is 0 Å². The first-order chi connectivity index (χ1) is 7.27. The fraction of sp³-hybridized carbons (Fsp3) is 0. The van der Waals surface area contributed by atoms with Crippen LogP contribution in [0.4, 0.5) is 5.69 Å². The number of aromatic hydroxyl groups is 1. The highest BCUT2D eigenvalue weighted by molar-refractivity contribution is 5.82. The normalized spacial score (nSPS) is 11.7. The van der Waals surface area contributed by atoms with E-state index in [4.69, 9.17) is 0 Å². The summed E-state index contributed by atoms with van der Waals surface area (Å²) < 4.78 is 0. The van der Waals surface area contributed by atoms with Gasteiger partial charge in [-0.05, 0) is 23.4 Å². The summed E-state index contributed by atoms with van der Waals surface area (Å²) in [4.78, 5) is 4.45. The van der Waals surface area contributed by atoms with Gasteiger partial charge in [0, 0.05) is 5.56 Å². The van der Waals surface area contributed by atoms with Crippen molar-refractivity contribution in [1.29, 1.82) is 0 Å². The Balaban J connectivity index is 2.53. The summed E-state index contributed by atoms with van der Waals surface area (Å²) in [5, 5.41) is 11.4. The molecule has 0 radical (unpaired) electrons. The largest absolute Gasteiger partial charge is 0.507 e. The Morgan fingerprint density at radius 1 is 1.07 bits per heavy atom. The molecule has 0 spiro atoms. The second kappa shape index (κ2) is 2.70. The van der Waals surface area contributed by atoms with Crippen molar-refractivity contribution in [3.63, 3.8) is 0 Å². The van der Waals surface area contributed by atoms with Crippen LogP contribution >= 0.6 is 0 Å². The molecule has 1 heterocycles. The third kappa shape index (κ3) is 1.02. The fourth-order valence-corrected chi connectivity index (χ4v) is 1.92. The quantitative estimate of drug-likeness (QED) is 0.582. The maximum absolute atomic E-state index is 9.81. The topological polar surface area (TPSA) is 32.6 Å². The van der Waals surface area contributed by atoms with Crippen molar-refractivity contribution in [3.8, 4) is 16.9 Å². The van der Waals surface area contributed by atoms with Crippen LogP contribution in [0, 0.1) is 0 Å². The standard InChI is InChI=1S/C13H9NO/c1-8-6-7-11(15)12-9-4-2-3-5-10(9)14-13(8)12/h2-7,15H,1H2. The molecule has 0 fully saturated rings. The molecule has 2 nitrogen and oxygen atoms in total. The van der Waals surface area contributed by atoms with Crippen molar-refractivity contribution in [2.24, 2.45) is 4.99 Å². The summed E-state index contributed by atoms with van der Waals surface area (Å²) in [6.45, 7) is 3.91. The van der Waals surface area contributed by atoms with Crippen molar-refractivity contribution in [1.82, 2.24) is 0 Å². The van der Waals surface area contributed by atoms with Gasteiger partial charge in [0.15, 0.2) is 0 Å². The van der Waals surface area contributed by atoms with Gasteiger partial charge in [0.2, 0.25) is 0 Å². The molecule has 1 aliphatic heterocycles. The van der Waals surface area contributed by atoms with Gasteiger partial charge in [-0.15, -0.1) is 0 Å². The summed E-state index contributed by atoms with van der Waals surface area (Å²) in [6.07, 6.45) is 0. The molecule has 3 rings (SSSR count). The molecular weight excluding hydrogens is 186 g/mol. The average molecular weight is 195 g/mol. The molecule has 0 unspecified atom stereocenters. The third-order valence-electron chi connectivity index (χ3n) is 2.65. The molecule has 1 N–H and O–H groups in total. The van der Waals surface area contributed by atoms with Gasteiger partial charge in [0.25, 0.3) is 0 Å². The second-order valence-electron chi connectivity index (χ2n) is 3.60. The predicted molar refractivity (Wildman–Crippen MR) is 59.5 cm³/mol. The highest BCUT2D eigenvalue weighted by Gasteiger charge is 2.16. The van der Waals surface area contributed by atoms with E-state index in [0.717, 1.165) is 27.4 Å². The Hall–Kier alpha value is -2.09. The fourth-order valence-electron chi connectivity index (χ4n) is 1.92. The van der Waals surface area contributed by atoms with Crippen LogP contribution < -0.4 is 10.6 Å². The van der Waals surface area contributed by atoms with Gasteiger partial charge >= 0.3 is 0 Å². The lowest BCUT2D eigenvalue weighted by Crippen LogP contribution is -2.22. The second-order valence-corrected chi connectivity index (χ2v) is 3.60. The first-order valence-electron chi connectivity index (χ1n) is 4.76. The first kappa shape index (κ1) is 8.24. The molecule has 0 aromatic heterocycles. The van der Waals surface area contributed by atoms with Gasteiger partial charge < -0.3 is 5.11 Å². The summed E-state index contributed by atoms with van der Waals surface area (Å²) in [7, 11) is 0. The van der Waals surface area contributed by atoms with Crippen LogP contribution in [0.15, 0.2) is 41.4 Å². The van der Waals surface area contributed by atoms with Crippen molar-refractivity contribution < 1.29 is 5.11 Å². The average Bonchev–Trinajstić information content (AvgIpc) is 2.64. The number of phenolic OH excluding ortho intramolecular Hbond substituents is 1. The minimum Gasteiger partial charge on any atom is -0.507 e. The van der Waals surface area contributed by atoms with Gasteiger partial charge in [-0.2, -0.15) is 0 Å². The van der Waals surface area contributed by atoms with E-state index in [1.54, 1.807) is 12.1 Å². The Morgan fingerprint density at radius 2 is 1.87 bits per heavy atom. The molecule has 0 amide bonds. The monoisotopic (exact) mass is 195 g/mol. The van der Waals surface area contributed by atoms with Crippen LogP contribution in [0.1, 0.15) is 0 Å². The zero-order chi connectivity index (χ0) is 10.4. The van der Waals surface area contributed by atoms with E-state index in [1.165, 1.54) is 0 Å². The van der Waals surface area contributed by atoms with E-state index in [-0.39, 0.29) is 5.75 Å². The number of rotatable bonds is 0. The predicted octanol–water partition coefficient (Wildman–Crippen LogP) is 1.73. The van der Waals surface area contributed by atoms with E-state index in [0.29, 0.717) is 0 Å². The molecule has 2 aromatic rings. The van der Waals surface area contributed by atoms with E-state index in [1.807, 2.05) is 24.3 Å². The summed E-state index contributed by atoms with van der Waals surface area (Å²) in [5.41, 5.74) is 2.69. The van der Waals surface area contributed by atoms with Gasteiger partial charge in [-0.1, -0.05) is 24.8 Å². The van der Waals surface area contributed by atoms with E-state index >= 15 is 0 Å². The molecule has 0 aliphatic carbocycles. The van der Waals surface area contributed by atoms with Crippen molar-refractivity contribution in [3.05, 3.63) is 47.0 Å². The van der Waals surface area contributed by atoms with Crippen LogP contribution in [-0.4, -0.2) is 5.11 Å². The van der Waals surface area contributed by atoms with Gasteiger partial charge in [0.1, 0.15) is 5.75 Å². The number of fused-ring (bicyclic) bond motifs is 3. The zero-order valence-corrected chi connectivity index (χ0v) is 8.07. The number of para-hydroxylation sites is 1. The first-order valence-corrected chi connectivity index (χ1v) is 4.76. The van der Waals surface area contributed by atoms with Crippen LogP contribution in [0.2, 0.25) is 0 Å². The molecule has 2 aromatic carbocycles. The Morgan fingerprint density at radius 3 is 2.73 bits per heavy atom. The summed E-state index contributed by atoms with van der Waals surface area (Å²) >= 11 is 0. The summed E-state index contributed by atoms with van der Waals surface area (Å²) in [6, 6.07) is 11.2. The molecule has 0 bridgehead atoms. The van der Waals surface area contributed by atoms with Crippen LogP contribution in [0.3, 0.4) is 0 Å². The van der Waals surface area contributed by atoms with E-state index < -0.39 is 0 Å². The minimum absolute atomic E-state index is 0.270. The smallest absolute Gasteiger partial charge is 0.125 e. The maximum Gasteiger partial charge on any atom is 0.125 e. The molecule has 0 atom stereocenters. The molecule has 15 heavy (non-hydrogen) atoms. The lowest BCUT2D eigenvalue weighted by molar-refractivity contribution is 0.477. The number of benzene rings is 2. The van der Waals surface area contributed by atoms with E-state index in [2.05, 4.69) is 11.6 Å².